The summed E-state index contributed by atoms with van der Waals surface area (Å²) < 4.78 is 11.2. The van der Waals surface area contributed by atoms with Crippen LogP contribution in [0.3, 0.4) is 0 Å². The molecule has 4 nitrogen and oxygen atoms in total. The van der Waals surface area contributed by atoms with Crippen LogP contribution in [0, 0.1) is 5.92 Å². The topological polar surface area (TPSA) is 70.5 Å². The number of hydrogen-bond acceptors (Lipinski definition) is 4. The van der Waals surface area contributed by atoms with Gasteiger partial charge in [-0.2, -0.15) is 0 Å². The first-order valence-corrected chi connectivity index (χ1v) is 7.90. The zero-order valence-electron chi connectivity index (χ0n) is 13.6. The van der Waals surface area contributed by atoms with Crippen LogP contribution in [-0.4, -0.2) is 26.8 Å². The van der Waals surface area contributed by atoms with Crippen molar-refractivity contribution in [1.82, 2.24) is 0 Å². The number of ether oxygens (including phenoxy) is 2. The van der Waals surface area contributed by atoms with Crippen LogP contribution in [-0.2, 0) is 0 Å². The molecule has 1 aromatic carbocycles. The van der Waals surface area contributed by atoms with E-state index >= 15 is 0 Å². The van der Waals surface area contributed by atoms with Crippen LogP contribution in [0.25, 0.3) is 0 Å². The number of methoxy groups -OCH3 is 1. The standard InChI is InChI=1S/C17H30N2O2/c1-4-8-21-16-7-6-15(10-17(16)20-3)14(5-2)9-13(11-18)12-19/h6-7,10,13-14H,4-5,8-9,11-12,18-19H2,1-3H3. The molecular formula is C17H30N2O2. The maximum atomic E-state index is 5.77. The highest BCUT2D eigenvalue weighted by Crippen LogP contribution is 2.34. The molecule has 0 bridgehead atoms. The van der Waals surface area contributed by atoms with Crippen molar-refractivity contribution in [1.29, 1.82) is 0 Å². The van der Waals surface area contributed by atoms with Crippen LogP contribution in [0.15, 0.2) is 18.2 Å². The fraction of sp³-hybridized carbons (Fsp3) is 0.647. The predicted octanol–water partition coefficient (Wildman–Crippen LogP) is 2.90. The fourth-order valence-electron chi connectivity index (χ4n) is 2.50. The molecule has 4 N–H and O–H groups in total. The van der Waals surface area contributed by atoms with E-state index < -0.39 is 0 Å². The van der Waals surface area contributed by atoms with Crippen LogP contribution in [0.1, 0.15) is 44.6 Å². The number of rotatable bonds is 10. The third-order valence-corrected chi connectivity index (χ3v) is 3.90. The molecule has 1 rings (SSSR count). The van der Waals surface area contributed by atoms with Crippen LogP contribution in [0.2, 0.25) is 0 Å². The minimum atomic E-state index is 0.372. The number of nitrogens with two attached hydrogens (primary N) is 2. The molecule has 0 aliphatic rings. The predicted molar refractivity (Wildman–Crippen MR) is 88.0 cm³/mol. The molecule has 4 heteroatoms. The third-order valence-electron chi connectivity index (χ3n) is 3.90. The van der Waals surface area contributed by atoms with Crippen molar-refractivity contribution in [2.75, 3.05) is 26.8 Å². The minimum Gasteiger partial charge on any atom is -0.493 e. The van der Waals surface area contributed by atoms with Gasteiger partial charge >= 0.3 is 0 Å². The monoisotopic (exact) mass is 294 g/mol. The van der Waals surface area contributed by atoms with Gasteiger partial charge < -0.3 is 20.9 Å². The summed E-state index contributed by atoms with van der Waals surface area (Å²) in [6.45, 7) is 6.27. The van der Waals surface area contributed by atoms with E-state index in [0.29, 0.717) is 31.5 Å². The molecule has 0 aliphatic heterocycles. The molecule has 1 atom stereocenters. The lowest BCUT2D eigenvalue weighted by Gasteiger charge is -2.22. The molecule has 120 valence electrons. The molecule has 1 aromatic rings. The van der Waals surface area contributed by atoms with E-state index in [-0.39, 0.29) is 0 Å². The van der Waals surface area contributed by atoms with Gasteiger partial charge in [-0.3, -0.25) is 0 Å². The van der Waals surface area contributed by atoms with Gasteiger partial charge in [0.1, 0.15) is 0 Å². The molecule has 0 amide bonds. The van der Waals surface area contributed by atoms with Gasteiger partial charge in [-0.05, 0) is 61.9 Å². The summed E-state index contributed by atoms with van der Waals surface area (Å²) in [5, 5.41) is 0. The van der Waals surface area contributed by atoms with Crippen LogP contribution in [0.5, 0.6) is 11.5 Å². The zero-order valence-corrected chi connectivity index (χ0v) is 13.6. The quantitative estimate of drug-likeness (QED) is 0.696. The van der Waals surface area contributed by atoms with Crippen molar-refractivity contribution in [2.24, 2.45) is 17.4 Å². The summed E-state index contributed by atoms with van der Waals surface area (Å²) in [6.07, 6.45) is 3.06. The Balaban J connectivity index is 2.89. The van der Waals surface area contributed by atoms with Gasteiger partial charge in [-0.25, -0.2) is 0 Å². The average molecular weight is 294 g/mol. The molecule has 0 aliphatic carbocycles. The van der Waals surface area contributed by atoms with Crippen LogP contribution in [0.4, 0.5) is 0 Å². The third kappa shape index (κ3) is 5.21. The Morgan fingerprint density at radius 2 is 1.81 bits per heavy atom. The molecular weight excluding hydrogens is 264 g/mol. The van der Waals surface area contributed by atoms with Crippen molar-refractivity contribution < 1.29 is 9.47 Å². The normalized spacial score (nSPS) is 12.5. The van der Waals surface area contributed by atoms with Gasteiger partial charge in [-0.1, -0.05) is 19.9 Å². The van der Waals surface area contributed by atoms with Gasteiger partial charge in [0, 0.05) is 0 Å². The van der Waals surface area contributed by atoms with Crippen molar-refractivity contribution >= 4 is 0 Å². The summed E-state index contributed by atoms with van der Waals surface area (Å²) in [5.74, 6) is 2.44. The molecule has 0 spiro atoms. The summed E-state index contributed by atoms with van der Waals surface area (Å²) >= 11 is 0. The summed E-state index contributed by atoms with van der Waals surface area (Å²) in [7, 11) is 1.68. The molecule has 21 heavy (non-hydrogen) atoms. The maximum Gasteiger partial charge on any atom is 0.161 e. The molecule has 0 aromatic heterocycles. The molecule has 0 radical (unpaired) electrons. The summed E-state index contributed by atoms with van der Waals surface area (Å²) in [5.41, 5.74) is 12.8. The minimum absolute atomic E-state index is 0.372. The second-order valence-corrected chi connectivity index (χ2v) is 5.44. The van der Waals surface area contributed by atoms with Crippen LogP contribution < -0.4 is 20.9 Å². The summed E-state index contributed by atoms with van der Waals surface area (Å²) in [4.78, 5) is 0. The lowest BCUT2D eigenvalue weighted by atomic mass is 9.87. The molecule has 1 unspecified atom stereocenters. The van der Waals surface area contributed by atoms with Gasteiger partial charge in [-0.15, -0.1) is 0 Å². The summed E-state index contributed by atoms with van der Waals surface area (Å²) in [6, 6.07) is 6.22. The van der Waals surface area contributed by atoms with E-state index in [9.17, 15) is 0 Å². The van der Waals surface area contributed by atoms with E-state index in [1.165, 1.54) is 5.56 Å². The van der Waals surface area contributed by atoms with Gasteiger partial charge in [0.15, 0.2) is 11.5 Å². The first-order valence-electron chi connectivity index (χ1n) is 7.90. The second kappa shape index (κ2) is 9.64. The van der Waals surface area contributed by atoms with Crippen molar-refractivity contribution in [3.05, 3.63) is 23.8 Å². The number of hydrogen-bond donors (Lipinski definition) is 2. The fourth-order valence-corrected chi connectivity index (χ4v) is 2.50. The molecule has 0 fully saturated rings. The van der Waals surface area contributed by atoms with Gasteiger partial charge in [0.2, 0.25) is 0 Å². The SMILES string of the molecule is CCCOc1ccc(C(CC)CC(CN)CN)cc1OC. The number of benzene rings is 1. The first kappa shape index (κ1) is 17.8. The lowest BCUT2D eigenvalue weighted by Crippen LogP contribution is -2.25. The van der Waals surface area contributed by atoms with Crippen molar-refractivity contribution in [2.45, 2.75) is 39.0 Å². The molecule has 0 heterocycles. The highest BCUT2D eigenvalue weighted by atomic mass is 16.5. The Morgan fingerprint density at radius 3 is 2.33 bits per heavy atom. The van der Waals surface area contributed by atoms with Crippen molar-refractivity contribution in [3.63, 3.8) is 0 Å². The van der Waals surface area contributed by atoms with Gasteiger partial charge in [0.25, 0.3) is 0 Å². The lowest BCUT2D eigenvalue weighted by molar-refractivity contribution is 0.294. The highest BCUT2D eigenvalue weighted by molar-refractivity contribution is 5.44. The van der Waals surface area contributed by atoms with Gasteiger partial charge in [0.05, 0.1) is 13.7 Å². The van der Waals surface area contributed by atoms with Crippen LogP contribution >= 0.6 is 0 Å². The largest absolute Gasteiger partial charge is 0.493 e. The zero-order chi connectivity index (χ0) is 15.7. The van der Waals surface area contributed by atoms with E-state index in [1.54, 1.807) is 7.11 Å². The second-order valence-electron chi connectivity index (χ2n) is 5.44. The Labute approximate surface area is 128 Å². The van der Waals surface area contributed by atoms with Crippen molar-refractivity contribution in [3.8, 4) is 11.5 Å². The first-order chi connectivity index (χ1) is 10.2. The van der Waals surface area contributed by atoms with E-state index in [1.807, 2.05) is 6.07 Å². The Kier molecular flexibility index (Phi) is 8.16. The van der Waals surface area contributed by atoms with E-state index in [2.05, 4.69) is 26.0 Å². The van der Waals surface area contributed by atoms with E-state index in [4.69, 9.17) is 20.9 Å². The average Bonchev–Trinajstić information content (AvgIpc) is 2.54. The Bertz CT molecular complexity index is 406. The highest BCUT2D eigenvalue weighted by Gasteiger charge is 2.17. The Morgan fingerprint density at radius 1 is 1.10 bits per heavy atom. The maximum absolute atomic E-state index is 5.77. The molecule has 0 saturated carbocycles. The Hall–Kier alpha value is -1.26. The smallest absolute Gasteiger partial charge is 0.161 e. The molecule has 0 saturated heterocycles. The van der Waals surface area contributed by atoms with E-state index in [0.717, 1.165) is 30.8 Å².